The minimum absolute atomic E-state index is 0.0979. The summed E-state index contributed by atoms with van der Waals surface area (Å²) in [5, 5.41) is 11.5. The molecule has 0 atom stereocenters. The first kappa shape index (κ1) is 13.5. The number of rotatable bonds is 3. The Morgan fingerprint density at radius 2 is 1.79 bits per heavy atom. The van der Waals surface area contributed by atoms with Gasteiger partial charge in [0.05, 0.1) is 5.92 Å². The third-order valence-electron chi connectivity index (χ3n) is 3.52. The van der Waals surface area contributed by atoms with Crippen molar-refractivity contribution in [1.29, 1.82) is 0 Å². The molecule has 19 heavy (non-hydrogen) atoms. The van der Waals surface area contributed by atoms with Crippen molar-refractivity contribution in [3.05, 3.63) is 34.6 Å². The fourth-order valence-corrected chi connectivity index (χ4v) is 2.28. The molecule has 2 N–H and O–H groups in total. The largest absolute Gasteiger partial charge is 0.481 e. The molecule has 1 saturated carbocycles. The van der Waals surface area contributed by atoms with Gasteiger partial charge in [0.15, 0.2) is 0 Å². The lowest BCUT2D eigenvalue weighted by Gasteiger charge is -2.32. The monoisotopic (exact) mass is 265 g/mol. The van der Waals surface area contributed by atoms with E-state index in [9.17, 15) is 14.0 Å². The summed E-state index contributed by atoms with van der Waals surface area (Å²) in [4.78, 5) is 22.6. The molecular weight excluding hydrogens is 249 g/mol. The predicted octanol–water partition coefficient (Wildman–Crippen LogP) is 2.04. The van der Waals surface area contributed by atoms with Crippen LogP contribution < -0.4 is 5.32 Å². The molecule has 0 heterocycles. The molecule has 1 amide bonds. The Morgan fingerprint density at radius 1 is 1.26 bits per heavy atom. The van der Waals surface area contributed by atoms with Gasteiger partial charge in [-0.2, -0.15) is 0 Å². The van der Waals surface area contributed by atoms with Gasteiger partial charge in [-0.05, 0) is 49.9 Å². The predicted molar refractivity (Wildman–Crippen MR) is 67.5 cm³/mol. The molecule has 0 radical (unpaired) electrons. The number of aliphatic carboxylic acids is 1. The number of carboxylic acids is 1. The Labute approximate surface area is 110 Å². The second-order valence-corrected chi connectivity index (χ2v) is 5.10. The molecule has 102 valence electrons. The van der Waals surface area contributed by atoms with Crippen LogP contribution in [0.25, 0.3) is 0 Å². The van der Waals surface area contributed by atoms with Crippen LogP contribution in [-0.2, 0) is 4.79 Å². The topological polar surface area (TPSA) is 66.4 Å². The van der Waals surface area contributed by atoms with Crippen molar-refractivity contribution in [1.82, 2.24) is 5.32 Å². The van der Waals surface area contributed by atoms with Crippen molar-refractivity contribution in [3.8, 4) is 0 Å². The average Bonchev–Trinajstić information content (AvgIpc) is 2.28. The Balaban J connectivity index is 2.00. The third-order valence-corrected chi connectivity index (χ3v) is 3.52. The summed E-state index contributed by atoms with van der Waals surface area (Å²) in [5.41, 5.74) is 1.28. The molecule has 1 aliphatic carbocycles. The quantitative estimate of drug-likeness (QED) is 0.878. The van der Waals surface area contributed by atoms with E-state index >= 15 is 0 Å². The first-order valence-electron chi connectivity index (χ1n) is 6.19. The number of carbonyl (C=O) groups is 2. The second-order valence-electron chi connectivity index (χ2n) is 5.10. The Kier molecular flexibility index (Phi) is 3.55. The van der Waals surface area contributed by atoms with Crippen LogP contribution in [0.4, 0.5) is 4.39 Å². The number of hydrogen-bond donors (Lipinski definition) is 2. The lowest BCUT2D eigenvalue weighted by molar-refractivity contribution is -0.145. The van der Waals surface area contributed by atoms with Crippen molar-refractivity contribution < 1.29 is 19.1 Å². The van der Waals surface area contributed by atoms with E-state index in [0.29, 0.717) is 29.5 Å². The third kappa shape index (κ3) is 2.75. The molecule has 0 unspecified atom stereocenters. The van der Waals surface area contributed by atoms with Gasteiger partial charge in [-0.15, -0.1) is 0 Å². The summed E-state index contributed by atoms with van der Waals surface area (Å²) in [6.45, 7) is 3.23. The number of nitrogens with one attached hydrogen (secondary N) is 1. The molecule has 0 aliphatic heterocycles. The van der Waals surface area contributed by atoms with E-state index in [1.807, 2.05) is 0 Å². The zero-order valence-corrected chi connectivity index (χ0v) is 10.9. The van der Waals surface area contributed by atoms with Crippen LogP contribution in [0, 0.1) is 25.6 Å². The van der Waals surface area contributed by atoms with Crippen LogP contribution in [0.5, 0.6) is 0 Å². The summed E-state index contributed by atoms with van der Waals surface area (Å²) in [6, 6.07) is 2.91. The number of aryl methyl sites for hydroxylation is 2. The van der Waals surface area contributed by atoms with Crippen molar-refractivity contribution in [2.75, 3.05) is 0 Å². The molecule has 5 heteroatoms. The molecule has 0 aromatic heterocycles. The molecule has 0 saturated heterocycles. The fourth-order valence-electron chi connectivity index (χ4n) is 2.28. The van der Waals surface area contributed by atoms with E-state index < -0.39 is 5.97 Å². The van der Waals surface area contributed by atoms with E-state index in [-0.39, 0.29) is 23.7 Å². The zero-order chi connectivity index (χ0) is 14.2. The van der Waals surface area contributed by atoms with Crippen molar-refractivity contribution >= 4 is 11.9 Å². The number of halogens is 1. The standard InChI is InChI=1S/C14H16FNO3/c1-7-3-9(4-8(2)12(7)15)13(17)16-11-5-10(6-11)14(18)19/h3-4,10-11H,5-6H2,1-2H3,(H,16,17)(H,18,19). The molecule has 0 bridgehead atoms. The van der Waals surface area contributed by atoms with Crippen molar-refractivity contribution in [2.24, 2.45) is 5.92 Å². The Hall–Kier alpha value is -1.91. The van der Waals surface area contributed by atoms with Crippen LogP contribution in [0.3, 0.4) is 0 Å². The van der Waals surface area contributed by atoms with Crippen LogP contribution in [0.1, 0.15) is 34.3 Å². The first-order valence-corrected chi connectivity index (χ1v) is 6.19. The number of hydrogen-bond acceptors (Lipinski definition) is 2. The zero-order valence-electron chi connectivity index (χ0n) is 10.9. The highest BCUT2D eigenvalue weighted by molar-refractivity contribution is 5.95. The van der Waals surface area contributed by atoms with Crippen LogP contribution in [-0.4, -0.2) is 23.0 Å². The summed E-state index contributed by atoms with van der Waals surface area (Å²) in [5.74, 6) is -1.76. The number of carbonyl (C=O) groups excluding carboxylic acids is 1. The number of benzene rings is 1. The summed E-state index contributed by atoms with van der Waals surface area (Å²) < 4.78 is 13.5. The highest BCUT2D eigenvalue weighted by Crippen LogP contribution is 2.27. The van der Waals surface area contributed by atoms with Gasteiger partial charge in [-0.25, -0.2) is 4.39 Å². The molecule has 1 fully saturated rings. The van der Waals surface area contributed by atoms with E-state index in [1.54, 1.807) is 13.8 Å². The maximum absolute atomic E-state index is 13.5. The van der Waals surface area contributed by atoms with Gasteiger partial charge in [-0.1, -0.05) is 0 Å². The molecule has 0 spiro atoms. The highest BCUT2D eigenvalue weighted by atomic mass is 19.1. The maximum Gasteiger partial charge on any atom is 0.306 e. The van der Waals surface area contributed by atoms with Crippen molar-refractivity contribution in [3.63, 3.8) is 0 Å². The summed E-state index contributed by atoms with van der Waals surface area (Å²) in [6.07, 6.45) is 0.917. The average molecular weight is 265 g/mol. The van der Waals surface area contributed by atoms with E-state index in [4.69, 9.17) is 5.11 Å². The van der Waals surface area contributed by atoms with Gasteiger partial charge in [0, 0.05) is 11.6 Å². The maximum atomic E-state index is 13.5. The van der Waals surface area contributed by atoms with Gasteiger partial charge < -0.3 is 10.4 Å². The van der Waals surface area contributed by atoms with Gasteiger partial charge >= 0.3 is 5.97 Å². The van der Waals surface area contributed by atoms with E-state index in [1.165, 1.54) is 12.1 Å². The summed E-state index contributed by atoms with van der Waals surface area (Å²) >= 11 is 0. The van der Waals surface area contributed by atoms with E-state index in [2.05, 4.69) is 5.32 Å². The van der Waals surface area contributed by atoms with Gasteiger partial charge in [0.2, 0.25) is 0 Å². The van der Waals surface area contributed by atoms with Crippen molar-refractivity contribution in [2.45, 2.75) is 32.7 Å². The lowest BCUT2D eigenvalue weighted by Crippen LogP contribution is -2.46. The molecule has 1 aliphatic rings. The molecule has 2 rings (SSSR count). The van der Waals surface area contributed by atoms with Gasteiger partial charge in [0.1, 0.15) is 5.82 Å². The normalized spacial score (nSPS) is 21.6. The van der Waals surface area contributed by atoms with Gasteiger partial charge in [-0.3, -0.25) is 9.59 Å². The van der Waals surface area contributed by atoms with Crippen LogP contribution in [0.2, 0.25) is 0 Å². The summed E-state index contributed by atoms with van der Waals surface area (Å²) in [7, 11) is 0. The minimum Gasteiger partial charge on any atom is -0.481 e. The Bertz CT molecular complexity index is 512. The molecule has 4 nitrogen and oxygen atoms in total. The van der Waals surface area contributed by atoms with E-state index in [0.717, 1.165) is 0 Å². The van der Waals surface area contributed by atoms with Crippen LogP contribution in [0.15, 0.2) is 12.1 Å². The SMILES string of the molecule is Cc1cc(C(=O)NC2CC(C(=O)O)C2)cc(C)c1F. The second kappa shape index (κ2) is 4.99. The fraction of sp³-hybridized carbons (Fsp3) is 0.429. The van der Waals surface area contributed by atoms with Crippen LogP contribution >= 0.6 is 0 Å². The lowest BCUT2D eigenvalue weighted by atomic mass is 9.80. The highest BCUT2D eigenvalue weighted by Gasteiger charge is 2.35. The number of amides is 1. The number of carboxylic acid groups (broad SMARTS) is 1. The minimum atomic E-state index is -0.820. The molecule has 1 aromatic rings. The smallest absolute Gasteiger partial charge is 0.306 e. The first-order chi connectivity index (χ1) is 8.88. The Morgan fingerprint density at radius 3 is 2.26 bits per heavy atom. The van der Waals surface area contributed by atoms with Gasteiger partial charge in [0.25, 0.3) is 5.91 Å². The molecule has 1 aromatic carbocycles. The molecular formula is C14H16FNO3.